The number of benzene rings is 1. The van der Waals surface area contributed by atoms with Gasteiger partial charge in [-0.3, -0.25) is 0 Å². The maximum atomic E-state index is 6.02. The summed E-state index contributed by atoms with van der Waals surface area (Å²) in [7, 11) is 0. The van der Waals surface area contributed by atoms with Crippen LogP contribution in [0.15, 0.2) is 18.2 Å². The summed E-state index contributed by atoms with van der Waals surface area (Å²) >= 11 is 0. The first-order valence-electron chi connectivity index (χ1n) is 8.20. The highest BCUT2D eigenvalue weighted by Gasteiger charge is 2.21. The molecule has 1 aliphatic carbocycles. The Labute approximate surface area is 142 Å². The molecule has 3 rings (SSSR count). The normalized spacial score (nSPS) is 13.2. The van der Waals surface area contributed by atoms with E-state index in [0.29, 0.717) is 18.2 Å². The molecule has 0 spiro atoms. The molecule has 0 saturated carbocycles. The highest BCUT2D eigenvalue weighted by atomic mass is 16.7. The Morgan fingerprint density at radius 3 is 2.75 bits per heavy atom. The van der Waals surface area contributed by atoms with Gasteiger partial charge in [0.05, 0.1) is 0 Å². The molecule has 1 aromatic heterocycles. The summed E-state index contributed by atoms with van der Waals surface area (Å²) in [5.41, 5.74) is 10.8. The van der Waals surface area contributed by atoms with Crippen molar-refractivity contribution in [3.8, 4) is 29.4 Å². The van der Waals surface area contributed by atoms with E-state index in [1.54, 1.807) is 0 Å². The molecular formula is C19H21N3O2. The molecule has 0 unspecified atom stereocenters. The second-order valence-corrected chi connectivity index (χ2v) is 5.71. The van der Waals surface area contributed by atoms with E-state index < -0.39 is 0 Å². The molecule has 0 amide bonds. The van der Waals surface area contributed by atoms with E-state index in [1.807, 2.05) is 25.1 Å². The van der Waals surface area contributed by atoms with Gasteiger partial charge in [-0.05, 0) is 56.4 Å². The number of nitrogens with two attached hydrogens (primary N) is 1. The van der Waals surface area contributed by atoms with E-state index in [2.05, 4.69) is 16.1 Å². The zero-order chi connectivity index (χ0) is 16.9. The molecule has 124 valence electrons. The largest absolute Gasteiger partial charge is 0.467 e. The second-order valence-electron chi connectivity index (χ2n) is 5.71. The van der Waals surface area contributed by atoms with Crippen LogP contribution in [0.5, 0.6) is 5.75 Å². The van der Waals surface area contributed by atoms with Gasteiger partial charge in [0.2, 0.25) is 0 Å². The van der Waals surface area contributed by atoms with Crippen LogP contribution in [0.4, 0.5) is 5.82 Å². The summed E-state index contributed by atoms with van der Waals surface area (Å²) in [6.45, 7) is 2.67. The summed E-state index contributed by atoms with van der Waals surface area (Å²) in [5, 5.41) is 8.51. The number of fused-ring (bicyclic) bond motifs is 1. The molecule has 1 aromatic carbocycles. The van der Waals surface area contributed by atoms with Crippen molar-refractivity contribution in [2.45, 2.75) is 32.6 Å². The molecule has 0 bridgehead atoms. The third-order valence-electron chi connectivity index (χ3n) is 4.23. The van der Waals surface area contributed by atoms with Crippen molar-refractivity contribution >= 4 is 5.82 Å². The molecule has 2 N–H and O–H groups in total. The van der Waals surface area contributed by atoms with Crippen molar-refractivity contribution in [1.82, 2.24) is 10.2 Å². The predicted octanol–water partition coefficient (Wildman–Crippen LogP) is 2.96. The molecule has 0 saturated heterocycles. The Morgan fingerprint density at radius 2 is 2.00 bits per heavy atom. The number of aromatic nitrogens is 2. The monoisotopic (exact) mass is 323 g/mol. The van der Waals surface area contributed by atoms with Crippen LogP contribution in [0.2, 0.25) is 0 Å². The fourth-order valence-electron chi connectivity index (χ4n) is 3.01. The first-order chi connectivity index (χ1) is 11.7. The van der Waals surface area contributed by atoms with Crippen LogP contribution in [-0.4, -0.2) is 23.6 Å². The third kappa shape index (κ3) is 3.19. The number of nitrogens with zero attached hydrogens (tertiary/aromatic N) is 2. The maximum Gasteiger partial charge on any atom is 0.189 e. The van der Waals surface area contributed by atoms with E-state index in [9.17, 15) is 0 Å². The number of hydrogen-bond donors (Lipinski definition) is 1. The zero-order valence-corrected chi connectivity index (χ0v) is 13.8. The number of hydrogen-bond acceptors (Lipinski definition) is 5. The summed E-state index contributed by atoms with van der Waals surface area (Å²) in [5.74, 6) is 3.82. The second kappa shape index (κ2) is 7.33. The number of terminal acetylenes is 1. The SMILES string of the molecule is C#Cc1ccc(-c2nnc(N)c3c2CCCC3)c(OCOCC)c1. The first-order valence-corrected chi connectivity index (χ1v) is 8.20. The Hall–Kier alpha value is -2.58. The smallest absolute Gasteiger partial charge is 0.189 e. The van der Waals surface area contributed by atoms with E-state index in [0.717, 1.165) is 48.1 Å². The van der Waals surface area contributed by atoms with Crippen LogP contribution in [-0.2, 0) is 17.6 Å². The molecule has 24 heavy (non-hydrogen) atoms. The van der Waals surface area contributed by atoms with Gasteiger partial charge in [-0.2, -0.15) is 0 Å². The van der Waals surface area contributed by atoms with Gasteiger partial charge in [0.15, 0.2) is 6.79 Å². The number of rotatable bonds is 5. The lowest BCUT2D eigenvalue weighted by Gasteiger charge is -2.20. The molecule has 0 atom stereocenters. The fourth-order valence-corrected chi connectivity index (χ4v) is 3.01. The van der Waals surface area contributed by atoms with Crippen molar-refractivity contribution < 1.29 is 9.47 Å². The molecule has 2 aromatic rings. The Balaban J connectivity index is 2.07. The quantitative estimate of drug-likeness (QED) is 0.520. The Morgan fingerprint density at radius 1 is 1.21 bits per heavy atom. The van der Waals surface area contributed by atoms with Gasteiger partial charge in [-0.25, -0.2) is 0 Å². The van der Waals surface area contributed by atoms with Crippen molar-refractivity contribution in [2.24, 2.45) is 0 Å². The third-order valence-corrected chi connectivity index (χ3v) is 4.23. The average Bonchev–Trinajstić information content (AvgIpc) is 2.63. The van der Waals surface area contributed by atoms with Gasteiger partial charge < -0.3 is 15.2 Å². The minimum atomic E-state index is 0.169. The topological polar surface area (TPSA) is 70.3 Å². The molecule has 0 fully saturated rings. The van der Waals surface area contributed by atoms with Gasteiger partial charge in [-0.1, -0.05) is 5.92 Å². The lowest BCUT2D eigenvalue weighted by molar-refractivity contribution is 0.0227. The lowest BCUT2D eigenvalue weighted by Crippen LogP contribution is -2.12. The standard InChI is InChI=1S/C19H21N3O2/c1-3-13-9-10-16(17(11-13)24-12-23-4-2)18-14-7-5-6-8-15(14)19(20)22-21-18/h1,9-11H,4-8,12H2,2H3,(H2,20,22). The zero-order valence-electron chi connectivity index (χ0n) is 13.8. The summed E-state index contributed by atoms with van der Waals surface area (Å²) in [4.78, 5) is 0. The molecular weight excluding hydrogens is 302 g/mol. The van der Waals surface area contributed by atoms with Gasteiger partial charge in [-0.15, -0.1) is 16.6 Å². The van der Waals surface area contributed by atoms with Gasteiger partial charge in [0.25, 0.3) is 0 Å². The van der Waals surface area contributed by atoms with E-state index in [4.69, 9.17) is 21.6 Å². The number of ether oxygens (including phenoxy) is 2. The predicted molar refractivity (Wildman–Crippen MR) is 93.6 cm³/mol. The van der Waals surface area contributed by atoms with Crippen molar-refractivity contribution in [2.75, 3.05) is 19.1 Å². The van der Waals surface area contributed by atoms with Crippen LogP contribution in [0.25, 0.3) is 11.3 Å². The number of anilines is 1. The highest BCUT2D eigenvalue weighted by Crippen LogP contribution is 2.36. The van der Waals surface area contributed by atoms with Crippen LogP contribution in [0.1, 0.15) is 36.5 Å². The minimum absolute atomic E-state index is 0.169. The van der Waals surface area contributed by atoms with Crippen molar-refractivity contribution in [3.05, 3.63) is 34.9 Å². The minimum Gasteiger partial charge on any atom is -0.467 e. The fraction of sp³-hybridized carbons (Fsp3) is 0.368. The summed E-state index contributed by atoms with van der Waals surface area (Å²) in [6.07, 6.45) is 9.67. The van der Waals surface area contributed by atoms with Crippen LogP contribution >= 0.6 is 0 Å². The molecule has 0 aliphatic heterocycles. The van der Waals surface area contributed by atoms with E-state index in [1.165, 1.54) is 5.56 Å². The molecule has 5 nitrogen and oxygen atoms in total. The van der Waals surface area contributed by atoms with E-state index >= 15 is 0 Å². The van der Waals surface area contributed by atoms with Crippen molar-refractivity contribution in [3.63, 3.8) is 0 Å². The van der Waals surface area contributed by atoms with Gasteiger partial charge in [0.1, 0.15) is 17.3 Å². The van der Waals surface area contributed by atoms with Gasteiger partial charge in [0, 0.05) is 23.3 Å². The molecule has 1 aliphatic rings. The molecule has 5 heteroatoms. The highest BCUT2D eigenvalue weighted by molar-refractivity contribution is 5.73. The van der Waals surface area contributed by atoms with Crippen LogP contribution < -0.4 is 10.5 Å². The summed E-state index contributed by atoms with van der Waals surface area (Å²) < 4.78 is 11.1. The molecule has 0 radical (unpaired) electrons. The summed E-state index contributed by atoms with van der Waals surface area (Å²) in [6, 6.07) is 5.66. The Bertz CT molecular complexity index is 781. The lowest BCUT2D eigenvalue weighted by atomic mass is 9.89. The average molecular weight is 323 g/mol. The van der Waals surface area contributed by atoms with Crippen molar-refractivity contribution in [1.29, 1.82) is 0 Å². The van der Waals surface area contributed by atoms with Crippen LogP contribution in [0.3, 0.4) is 0 Å². The van der Waals surface area contributed by atoms with Gasteiger partial charge >= 0.3 is 0 Å². The molecule has 1 heterocycles. The van der Waals surface area contributed by atoms with Crippen LogP contribution in [0, 0.1) is 12.3 Å². The maximum absolute atomic E-state index is 6.02. The van der Waals surface area contributed by atoms with E-state index in [-0.39, 0.29) is 6.79 Å². The Kier molecular flexibility index (Phi) is 4.97. The number of nitrogen functional groups attached to an aromatic ring is 1. The first kappa shape index (κ1) is 16.3.